The minimum Gasteiger partial charge on any atom is -0.497 e. The van der Waals surface area contributed by atoms with Crippen molar-refractivity contribution in [2.24, 2.45) is 0 Å². The van der Waals surface area contributed by atoms with Gasteiger partial charge in [-0.2, -0.15) is 13.2 Å². The number of aromatic nitrogens is 1. The third kappa shape index (κ3) is 4.98. The van der Waals surface area contributed by atoms with Crippen molar-refractivity contribution >= 4 is 16.8 Å². The summed E-state index contributed by atoms with van der Waals surface area (Å²) >= 11 is 0. The Labute approximate surface area is 189 Å². The fraction of sp³-hybridized carbons (Fsp3) is 0.154. The number of hydrogen-bond donors (Lipinski definition) is 1. The molecule has 3 aromatic carbocycles. The van der Waals surface area contributed by atoms with Crippen molar-refractivity contribution in [3.8, 4) is 17.0 Å². The van der Waals surface area contributed by atoms with Crippen molar-refractivity contribution in [3.05, 3.63) is 95.1 Å². The zero-order valence-corrected chi connectivity index (χ0v) is 18.0. The number of nitrogens with one attached hydrogen (secondary N) is 1. The first-order chi connectivity index (χ1) is 15.7. The number of amides is 1. The van der Waals surface area contributed by atoms with Crippen LogP contribution in [0.1, 0.15) is 27.0 Å². The monoisotopic (exact) mass is 450 g/mol. The number of ether oxygens (including phenoxy) is 1. The second-order valence-corrected chi connectivity index (χ2v) is 7.68. The quantitative estimate of drug-likeness (QED) is 0.396. The number of pyridine rings is 1. The Hall–Kier alpha value is -3.87. The second kappa shape index (κ2) is 8.94. The molecule has 0 bridgehead atoms. The molecule has 33 heavy (non-hydrogen) atoms. The zero-order chi connectivity index (χ0) is 23.6. The van der Waals surface area contributed by atoms with Crippen LogP contribution in [0.2, 0.25) is 0 Å². The molecule has 1 amide bonds. The van der Waals surface area contributed by atoms with Gasteiger partial charge in [0.15, 0.2) is 0 Å². The highest BCUT2D eigenvalue weighted by atomic mass is 19.4. The van der Waals surface area contributed by atoms with Crippen LogP contribution in [-0.2, 0) is 12.7 Å². The van der Waals surface area contributed by atoms with Gasteiger partial charge in [-0.15, -0.1) is 0 Å². The van der Waals surface area contributed by atoms with Crippen molar-refractivity contribution < 1.29 is 22.7 Å². The summed E-state index contributed by atoms with van der Waals surface area (Å²) in [5, 5.41) is 3.42. The van der Waals surface area contributed by atoms with E-state index in [1.807, 2.05) is 49.4 Å². The highest BCUT2D eigenvalue weighted by molar-refractivity contribution is 6.07. The fourth-order valence-corrected chi connectivity index (χ4v) is 3.57. The average Bonchev–Trinajstić information content (AvgIpc) is 2.81. The number of aryl methyl sites for hydroxylation is 1. The standard InChI is InChI=1S/C26H21F3N2O2/c1-16-6-11-23-21(12-16)22(14-24(31-23)18-7-9-20(33-2)10-8-18)25(32)30-15-17-4-3-5-19(13-17)26(27,28)29/h3-14H,15H2,1-2H3,(H,30,32). The predicted octanol–water partition coefficient (Wildman–Crippen LogP) is 6.17. The molecule has 1 N–H and O–H groups in total. The molecular formula is C26H21F3N2O2. The summed E-state index contributed by atoms with van der Waals surface area (Å²) in [5.41, 5.74) is 3.06. The van der Waals surface area contributed by atoms with Crippen LogP contribution in [0.4, 0.5) is 13.2 Å². The molecular weight excluding hydrogens is 429 g/mol. The minimum absolute atomic E-state index is 0.0315. The Morgan fingerprint density at radius 1 is 1.00 bits per heavy atom. The lowest BCUT2D eigenvalue weighted by molar-refractivity contribution is -0.137. The zero-order valence-electron chi connectivity index (χ0n) is 18.0. The number of alkyl halides is 3. The minimum atomic E-state index is -4.44. The van der Waals surface area contributed by atoms with Gasteiger partial charge in [0.2, 0.25) is 0 Å². The van der Waals surface area contributed by atoms with Crippen molar-refractivity contribution in [2.75, 3.05) is 7.11 Å². The van der Waals surface area contributed by atoms with E-state index < -0.39 is 11.7 Å². The molecule has 1 heterocycles. The van der Waals surface area contributed by atoms with E-state index in [0.29, 0.717) is 33.5 Å². The molecule has 0 radical (unpaired) electrons. The molecule has 0 spiro atoms. The van der Waals surface area contributed by atoms with Crippen LogP contribution in [0.5, 0.6) is 5.75 Å². The molecule has 1 aromatic heterocycles. The topological polar surface area (TPSA) is 51.2 Å². The highest BCUT2D eigenvalue weighted by Crippen LogP contribution is 2.30. The van der Waals surface area contributed by atoms with E-state index in [1.54, 1.807) is 19.2 Å². The van der Waals surface area contributed by atoms with Gasteiger partial charge in [-0.05, 0) is 67.1 Å². The summed E-state index contributed by atoms with van der Waals surface area (Å²) in [6, 6.07) is 19.6. The van der Waals surface area contributed by atoms with Gasteiger partial charge in [0.25, 0.3) is 5.91 Å². The number of carbonyl (C=O) groups excluding carboxylic acids is 1. The lowest BCUT2D eigenvalue weighted by Crippen LogP contribution is -2.23. The lowest BCUT2D eigenvalue weighted by atomic mass is 10.0. The van der Waals surface area contributed by atoms with Crippen LogP contribution >= 0.6 is 0 Å². The second-order valence-electron chi connectivity index (χ2n) is 7.68. The number of carbonyl (C=O) groups is 1. The van der Waals surface area contributed by atoms with E-state index in [-0.39, 0.29) is 12.5 Å². The first-order valence-corrected chi connectivity index (χ1v) is 10.2. The van der Waals surface area contributed by atoms with E-state index in [2.05, 4.69) is 5.32 Å². The van der Waals surface area contributed by atoms with Crippen LogP contribution in [0, 0.1) is 6.92 Å². The number of hydrogen-bond acceptors (Lipinski definition) is 3. The van der Waals surface area contributed by atoms with Gasteiger partial charge in [0.1, 0.15) is 5.75 Å². The maximum Gasteiger partial charge on any atom is 0.416 e. The SMILES string of the molecule is COc1ccc(-c2cc(C(=O)NCc3cccc(C(F)(F)F)c3)c3cc(C)ccc3n2)cc1. The molecule has 0 aliphatic rings. The number of benzene rings is 3. The molecule has 7 heteroatoms. The normalized spacial score (nSPS) is 11.4. The third-order valence-corrected chi connectivity index (χ3v) is 5.30. The van der Waals surface area contributed by atoms with Crippen LogP contribution < -0.4 is 10.1 Å². The van der Waals surface area contributed by atoms with Gasteiger partial charge in [-0.25, -0.2) is 4.98 Å². The molecule has 0 unspecified atom stereocenters. The molecule has 0 aliphatic heterocycles. The molecule has 0 saturated heterocycles. The van der Waals surface area contributed by atoms with Gasteiger partial charge in [0.05, 0.1) is 29.4 Å². The number of fused-ring (bicyclic) bond motifs is 1. The summed E-state index contributed by atoms with van der Waals surface area (Å²) in [4.78, 5) is 17.8. The Bertz CT molecular complexity index is 1320. The fourth-order valence-electron chi connectivity index (χ4n) is 3.57. The number of halogens is 3. The van der Waals surface area contributed by atoms with Crippen LogP contribution in [0.25, 0.3) is 22.2 Å². The van der Waals surface area contributed by atoms with Crippen molar-refractivity contribution in [1.82, 2.24) is 10.3 Å². The lowest BCUT2D eigenvalue weighted by Gasteiger charge is -2.13. The molecule has 4 rings (SSSR count). The van der Waals surface area contributed by atoms with E-state index in [1.165, 1.54) is 6.07 Å². The maximum atomic E-state index is 13.1. The Morgan fingerprint density at radius 3 is 2.45 bits per heavy atom. The molecule has 4 nitrogen and oxygen atoms in total. The summed E-state index contributed by atoms with van der Waals surface area (Å²) in [6.07, 6.45) is -4.44. The van der Waals surface area contributed by atoms with E-state index in [9.17, 15) is 18.0 Å². The number of nitrogens with zero attached hydrogens (tertiary/aromatic N) is 1. The van der Waals surface area contributed by atoms with Crippen molar-refractivity contribution in [3.63, 3.8) is 0 Å². The van der Waals surface area contributed by atoms with Crippen LogP contribution in [0.3, 0.4) is 0 Å². The summed E-state index contributed by atoms with van der Waals surface area (Å²) in [7, 11) is 1.58. The third-order valence-electron chi connectivity index (χ3n) is 5.30. The predicted molar refractivity (Wildman–Crippen MR) is 121 cm³/mol. The Morgan fingerprint density at radius 2 is 1.76 bits per heavy atom. The largest absolute Gasteiger partial charge is 0.497 e. The van der Waals surface area contributed by atoms with Gasteiger partial charge in [-0.1, -0.05) is 23.8 Å². The van der Waals surface area contributed by atoms with E-state index in [0.717, 1.165) is 23.3 Å². The average molecular weight is 450 g/mol. The molecule has 4 aromatic rings. The summed E-state index contributed by atoms with van der Waals surface area (Å²) in [5.74, 6) is 0.314. The van der Waals surface area contributed by atoms with Crippen molar-refractivity contribution in [2.45, 2.75) is 19.6 Å². The molecule has 0 fully saturated rings. The molecule has 0 atom stereocenters. The van der Waals surface area contributed by atoms with Gasteiger partial charge in [0, 0.05) is 17.5 Å². The molecule has 0 aliphatic carbocycles. The van der Waals surface area contributed by atoms with Crippen LogP contribution in [0.15, 0.2) is 72.8 Å². The highest BCUT2D eigenvalue weighted by Gasteiger charge is 2.30. The van der Waals surface area contributed by atoms with Gasteiger partial charge < -0.3 is 10.1 Å². The number of rotatable bonds is 5. The van der Waals surface area contributed by atoms with E-state index >= 15 is 0 Å². The summed E-state index contributed by atoms with van der Waals surface area (Å²) in [6.45, 7) is 1.89. The summed E-state index contributed by atoms with van der Waals surface area (Å²) < 4.78 is 44.2. The number of methoxy groups -OCH3 is 1. The van der Waals surface area contributed by atoms with Crippen molar-refractivity contribution in [1.29, 1.82) is 0 Å². The van der Waals surface area contributed by atoms with Gasteiger partial charge >= 0.3 is 6.18 Å². The first kappa shape index (κ1) is 22.3. The van der Waals surface area contributed by atoms with Crippen LogP contribution in [-0.4, -0.2) is 18.0 Å². The smallest absolute Gasteiger partial charge is 0.416 e. The molecule has 168 valence electrons. The Balaban J connectivity index is 1.68. The Kier molecular flexibility index (Phi) is 6.05. The van der Waals surface area contributed by atoms with E-state index in [4.69, 9.17) is 9.72 Å². The maximum absolute atomic E-state index is 13.1. The molecule has 0 saturated carbocycles. The van der Waals surface area contributed by atoms with Gasteiger partial charge in [-0.3, -0.25) is 4.79 Å². The first-order valence-electron chi connectivity index (χ1n) is 10.2.